The van der Waals surface area contributed by atoms with Crippen LogP contribution >= 0.6 is 15.9 Å². The summed E-state index contributed by atoms with van der Waals surface area (Å²) in [6.07, 6.45) is 1.06. The normalized spacial score (nSPS) is 14.9. The molecule has 0 N–H and O–H groups in total. The fraction of sp³-hybridized carbons (Fsp3) is 0.333. The van der Waals surface area contributed by atoms with E-state index in [0.717, 1.165) is 10.9 Å². The summed E-state index contributed by atoms with van der Waals surface area (Å²) in [6.45, 7) is -2.36. The number of aryl methyl sites for hydroxylation is 1. The number of carbonyl (C=O) groups is 1. The fourth-order valence-electron chi connectivity index (χ4n) is 0.567. The lowest BCUT2D eigenvalue weighted by molar-refractivity contribution is 0.0593. The first-order valence-electron chi connectivity index (χ1n) is 4.19. The number of imidazole rings is 1. The van der Waals surface area contributed by atoms with Crippen LogP contribution in [0.1, 0.15) is 14.6 Å². The SMILES string of the molecule is [2H]C([2H])([2H])n1cnc(C(=O)OC)c1Br. The van der Waals surface area contributed by atoms with E-state index in [0.29, 0.717) is 0 Å². The summed E-state index contributed by atoms with van der Waals surface area (Å²) in [5.41, 5.74) is -0.0522. The molecule has 0 unspecified atom stereocenters. The molecule has 0 spiro atoms. The van der Waals surface area contributed by atoms with Gasteiger partial charge in [-0.05, 0) is 15.9 Å². The zero-order valence-corrected chi connectivity index (χ0v) is 7.25. The van der Waals surface area contributed by atoms with Crippen molar-refractivity contribution in [2.24, 2.45) is 6.98 Å². The average Bonchev–Trinajstić information content (AvgIpc) is 2.45. The zero-order chi connectivity index (χ0) is 10.9. The van der Waals surface area contributed by atoms with Crippen molar-refractivity contribution in [1.29, 1.82) is 0 Å². The molecule has 0 fully saturated rings. The Morgan fingerprint density at radius 1 is 2.00 bits per heavy atom. The molecule has 1 heterocycles. The Labute approximate surface area is 76.5 Å². The van der Waals surface area contributed by atoms with E-state index in [1.165, 1.54) is 7.11 Å². The minimum atomic E-state index is -2.36. The summed E-state index contributed by atoms with van der Waals surface area (Å²) in [6, 6.07) is 0. The highest BCUT2D eigenvalue weighted by atomic mass is 79.9. The van der Waals surface area contributed by atoms with Gasteiger partial charge in [0.05, 0.1) is 13.4 Å². The highest BCUT2D eigenvalue weighted by molar-refractivity contribution is 9.10. The minimum Gasteiger partial charge on any atom is -0.464 e. The van der Waals surface area contributed by atoms with Crippen LogP contribution in [0, 0.1) is 0 Å². The van der Waals surface area contributed by atoms with Crippen LogP contribution in [0.3, 0.4) is 0 Å². The first-order valence-corrected chi connectivity index (χ1v) is 3.49. The minimum absolute atomic E-state index is 0.0522. The van der Waals surface area contributed by atoms with Crippen LogP contribution in [-0.4, -0.2) is 22.6 Å². The summed E-state index contributed by atoms with van der Waals surface area (Å²) in [5, 5.41) is 0. The summed E-state index contributed by atoms with van der Waals surface area (Å²) in [5.74, 6) is -0.681. The van der Waals surface area contributed by atoms with Crippen molar-refractivity contribution in [3.05, 3.63) is 16.6 Å². The number of halogens is 1. The van der Waals surface area contributed by atoms with E-state index in [1.807, 2.05) is 0 Å². The number of hydrogen-bond donors (Lipinski definition) is 0. The maximum atomic E-state index is 11.1. The van der Waals surface area contributed by atoms with E-state index < -0.39 is 12.9 Å². The average molecular weight is 222 g/mol. The number of rotatable bonds is 1. The van der Waals surface area contributed by atoms with Crippen molar-refractivity contribution in [3.8, 4) is 0 Å². The molecule has 0 saturated carbocycles. The molecule has 0 atom stereocenters. The molecular formula is C6H7BrN2O2. The molecule has 60 valence electrons. The van der Waals surface area contributed by atoms with Crippen LogP contribution in [0.5, 0.6) is 0 Å². The topological polar surface area (TPSA) is 44.1 Å². The molecule has 1 rings (SSSR count). The second-order valence-corrected chi connectivity index (χ2v) is 2.50. The third-order valence-corrected chi connectivity index (χ3v) is 1.85. The molecule has 0 amide bonds. The van der Waals surface area contributed by atoms with Crippen LogP contribution in [0.25, 0.3) is 0 Å². The maximum Gasteiger partial charge on any atom is 0.359 e. The van der Waals surface area contributed by atoms with Gasteiger partial charge in [0, 0.05) is 11.1 Å². The Morgan fingerprint density at radius 3 is 3.18 bits per heavy atom. The van der Waals surface area contributed by atoms with E-state index >= 15 is 0 Å². The molecule has 0 aromatic carbocycles. The molecule has 11 heavy (non-hydrogen) atoms. The molecule has 5 heteroatoms. The van der Waals surface area contributed by atoms with Crippen LogP contribution in [0.15, 0.2) is 10.9 Å². The van der Waals surface area contributed by atoms with E-state index in [1.54, 1.807) is 0 Å². The van der Waals surface area contributed by atoms with Crippen molar-refractivity contribution in [2.75, 3.05) is 7.11 Å². The van der Waals surface area contributed by atoms with Crippen LogP contribution in [0.2, 0.25) is 0 Å². The summed E-state index contributed by atoms with van der Waals surface area (Å²) < 4.78 is 26.7. The van der Waals surface area contributed by atoms with E-state index in [2.05, 4.69) is 25.7 Å². The number of aromatic nitrogens is 2. The molecular weight excluding hydrogens is 212 g/mol. The van der Waals surface area contributed by atoms with Crippen molar-refractivity contribution < 1.29 is 13.6 Å². The number of carbonyl (C=O) groups excluding carboxylic acids is 1. The van der Waals surface area contributed by atoms with Gasteiger partial charge in [-0.3, -0.25) is 0 Å². The van der Waals surface area contributed by atoms with Gasteiger partial charge in [-0.2, -0.15) is 0 Å². The van der Waals surface area contributed by atoms with Crippen molar-refractivity contribution >= 4 is 21.9 Å². The number of hydrogen-bond acceptors (Lipinski definition) is 3. The zero-order valence-electron chi connectivity index (χ0n) is 8.67. The van der Waals surface area contributed by atoms with E-state index in [-0.39, 0.29) is 10.3 Å². The number of nitrogens with zero attached hydrogens (tertiary/aromatic N) is 2. The van der Waals surface area contributed by atoms with Crippen molar-refractivity contribution in [3.63, 3.8) is 0 Å². The Bertz CT molecular complexity index is 360. The van der Waals surface area contributed by atoms with Crippen LogP contribution in [0.4, 0.5) is 0 Å². The molecule has 0 radical (unpaired) electrons. The molecule has 0 bridgehead atoms. The van der Waals surface area contributed by atoms with Gasteiger partial charge < -0.3 is 9.30 Å². The van der Waals surface area contributed by atoms with Crippen LogP contribution in [-0.2, 0) is 11.7 Å². The number of ether oxygens (including phenoxy) is 1. The van der Waals surface area contributed by atoms with Gasteiger partial charge in [0.1, 0.15) is 4.60 Å². The quantitative estimate of drug-likeness (QED) is 0.665. The Kier molecular flexibility index (Phi) is 1.36. The number of esters is 1. The summed E-state index contributed by atoms with van der Waals surface area (Å²) in [4.78, 5) is 14.7. The predicted molar refractivity (Wildman–Crippen MR) is 42.2 cm³/mol. The Balaban J connectivity index is 3.15. The summed E-state index contributed by atoms with van der Waals surface area (Å²) in [7, 11) is 1.20. The lowest BCUT2D eigenvalue weighted by atomic mass is 10.5. The van der Waals surface area contributed by atoms with E-state index in [9.17, 15) is 4.79 Å². The van der Waals surface area contributed by atoms with Crippen LogP contribution < -0.4 is 0 Å². The van der Waals surface area contributed by atoms with Gasteiger partial charge in [-0.25, -0.2) is 9.78 Å². The van der Waals surface area contributed by atoms with Gasteiger partial charge in [-0.15, -0.1) is 0 Å². The standard InChI is InChI=1S/C6H7BrN2O2/c1-9-3-8-4(5(9)7)6(10)11-2/h3H,1-2H3/i1D3. The third-order valence-electron chi connectivity index (χ3n) is 1.09. The second kappa shape index (κ2) is 3.04. The molecule has 0 aliphatic heterocycles. The van der Waals surface area contributed by atoms with Gasteiger partial charge in [0.25, 0.3) is 0 Å². The molecule has 0 saturated heterocycles. The molecule has 0 aliphatic rings. The van der Waals surface area contributed by atoms with E-state index in [4.69, 9.17) is 4.11 Å². The Hall–Kier alpha value is -0.840. The predicted octanol–water partition coefficient (Wildman–Crippen LogP) is 0.969. The number of methoxy groups -OCH3 is 1. The third kappa shape index (κ3) is 1.42. The van der Waals surface area contributed by atoms with Gasteiger partial charge >= 0.3 is 5.97 Å². The Morgan fingerprint density at radius 2 is 2.73 bits per heavy atom. The smallest absolute Gasteiger partial charge is 0.359 e. The monoisotopic (exact) mass is 221 g/mol. The van der Waals surface area contributed by atoms with Crippen molar-refractivity contribution in [1.82, 2.24) is 9.55 Å². The van der Waals surface area contributed by atoms with Gasteiger partial charge in [0.2, 0.25) is 0 Å². The first kappa shape index (κ1) is 4.92. The highest BCUT2D eigenvalue weighted by Crippen LogP contribution is 2.14. The highest BCUT2D eigenvalue weighted by Gasteiger charge is 2.14. The molecule has 1 aromatic heterocycles. The second-order valence-electron chi connectivity index (χ2n) is 1.75. The molecule has 4 nitrogen and oxygen atoms in total. The largest absolute Gasteiger partial charge is 0.464 e. The van der Waals surface area contributed by atoms with Gasteiger partial charge in [0.15, 0.2) is 5.69 Å². The first-order chi connectivity index (χ1) is 6.38. The fourth-order valence-corrected chi connectivity index (χ4v) is 0.923. The lowest BCUT2D eigenvalue weighted by Gasteiger charge is -1.94. The molecule has 0 aliphatic carbocycles. The maximum absolute atomic E-state index is 11.1. The van der Waals surface area contributed by atoms with Gasteiger partial charge in [-0.1, -0.05) is 0 Å². The lowest BCUT2D eigenvalue weighted by Crippen LogP contribution is -2.02. The molecule has 1 aromatic rings. The summed E-state index contributed by atoms with van der Waals surface area (Å²) >= 11 is 2.97. The van der Waals surface area contributed by atoms with Crippen molar-refractivity contribution in [2.45, 2.75) is 0 Å².